The molecule has 3 atom stereocenters. The van der Waals surface area contributed by atoms with E-state index < -0.39 is 39.0 Å². The lowest BCUT2D eigenvalue weighted by molar-refractivity contribution is -0.145. The highest BCUT2D eigenvalue weighted by molar-refractivity contribution is 7.89. The van der Waals surface area contributed by atoms with Gasteiger partial charge in [-0.15, -0.1) is 0 Å². The Morgan fingerprint density at radius 2 is 2.00 bits per heavy atom. The lowest BCUT2D eigenvalue weighted by Crippen LogP contribution is -2.43. The van der Waals surface area contributed by atoms with Gasteiger partial charge in [0.1, 0.15) is 0 Å². The second-order valence-electron chi connectivity index (χ2n) is 5.16. The Bertz CT molecular complexity index is 474. The van der Waals surface area contributed by atoms with Gasteiger partial charge in [-0.2, -0.15) is 0 Å². The van der Waals surface area contributed by atoms with E-state index in [0.717, 1.165) is 4.31 Å². The summed E-state index contributed by atoms with van der Waals surface area (Å²) in [5, 5.41) is 8.03. The molecule has 20 heavy (non-hydrogen) atoms. The van der Waals surface area contributed by atoms with E-state index in [1.807, 2.05) is 0 Å². The first-order chi connectivity index (χ1) is 9.21. The first kappa shape index (κ1) is 16.9. The van der Waals surface area contributed by atoms with Gasteiger partial charge < -0.3 is 9.84 Å². The normalized spacial score (nSPS) is 24.6. The summed E-state index contributed by atoms with van der Waals surface area (Å²) in [5.41, 5.74) is 0. The summed E-state index contributed by atoms with van der Waals surface area (Å²) in [6, 6.07) is 0. The average Bonchev–Trinajstić information content (AvgIpc) is 2.87. The van der Waals surface area contributed by atoms with Crippen molar-refractivity contribution >= 4 is 22.0 Å². The molecule has 3 unspecified atom stereocenters. The first-order valence-electron chi connectivity index (χ1n) is 6.47. The quantitative estimate of drug-likeness (QED) is 0.709. The van der Waals surface area contributed by atoms with Gasteiger partial charge in [0.2, 0.25) is 10.0 Å². The largest absolute Gasteiger partial charge is 0.481 e. The molecule has 1 N–H and O–H groups in total. The molecule has 0 heterocycles. The zero-order valence-corrected chi connectivity index (χ0v) is 12.7. The zero-order valence-electron chi connectivity index (χ0n) is 11.9. The van der Waals surface area contributed by atoms with Gasteiger partial charge in [0.25, 0.3) is 0 Å². The van der Waals surface area contributed by atoms with E-state index in [9.17, 15) is 18.0 Å². The summed E-state index contributed by atoms with van der Waals surface area (Å²) in [5.74, 6) is -3.03. The van der Waals surface area contributed by atoms with Crippen LogP contribution in [0.1, 0.15) is 26.2 Å². The smallest absolute Gasteiger partial charge is 0.310 e. The minimum absolute atomic E-state index is 0.109. The number of carboxylic acid groups (broad SMARTS) is 1. The Balaban J connectivity index is 2.86. The minimum Gasteiger partial charge on any atom is -0.481 e. The number of carbonyl (C=O) groups excluding carboxylic acids is 1. The molecule has 0 aliphatic heterocycles. The number of esters is 1. The number of nitrogens with zero attached hydrogens (tertiary/aromatic N) is 1. The van der Waals surface area contributed by atoms with E-state index in [4.69, 9.17) is 5.11 Å². The first-order valence-corrected chi connectivity index (χ1v) is 7.98. The van der Waals surface area contributed by atoms with Crippen LogP contribution in [0.2, 0.25) is 0 Å². The summed E-state index contributed by atoms with van der Waals surface area (Å²) in [6.07, 6.45) is 1.53. The van der Waals surface area contributed by atoms with Gasteiger partial charge in [-0.25, -0.2) is 12.7 Å². The van der Waals surface area contributed by atoms with Crippen LogP contribution < -0.4 is 0 Å². The Morgan fingerprint density at radius 3 is 2.50 bits per heavy atom. The third kappa shape index (κ3) is 3.49. The van der Waals surface area contributed by atoms with Gasteiger partial charge in [-0.1, -0.05) is 13.3 Å². The van der Waals surface area contributed by atoms with Crippen LogP contribution in [0.4, 0.5) is 0 Å². The Kier molecular flexibility index (Phi) is 5.52. The lowest BCUT2D eigenvalue weighted by atomic mass is 10.1. The lowest BCUT2D eigenvalue weighted by Gasteiger charge is -2.25. The molecule has 8 heteroatoms. The fraction of sp³-hybridized carbons (Fsp3) is 0.833. The van der Waals surface area contributed by atoms with Crippen LogP contribution in [0.3, 0.4) is 0 Å². The number of rotatable bonds is 6. The van der Waals surface area contributed by atoms with Crippen LogP contribution in [-0.2, 0) is 24.3 Å². The Hall–Kier alpha value is -1.15. The zero-order chi connectivity index (χ0) is 15.5. The van der Waals surface area contributed by atoms with Crippen molar-refractivity contribution < 1.29 is 27.9 Å². The van der Waals surface area contributed by atoms with Crippen LogP contribution in [0.5, 0.6) is 0 Å². The number of hydrogen-bond acceptors (Lipinski definition) is 5. The van der Waals surface area contributed by atoms with Crippen molar-refractivity contribution in [2.75, 3.05) is 20.7 Å². The van der Waals surface area contributed by atoms with Crippen LogP contribution in [0, 0.1) is 11.8 Å². The highest BCUT2D eigenvalue weighted by Crippen LogP contribution is 2.33. The van der Waals surface area contributed by atoms with Gasteiger partial charge in [0.05, 0.1) is 24.2 Å². The van der Waals surface area contributed by atoms with Gasteiger partial charge in [0.15, 0.2) is 0 Å². The van der Waals surface area contributed by atoms with Gasteiger partial charge in [-0.05, 0) is 12.8 Å². The fourth-order valence-electron chi connectivity index (χ4n) is 2.50. The summed E-state index contributed by atoms with van der Waals surface area (Å²) in [4.78, 5) is 22.4. The van der Waals surface area contributed by atoms with Crippen molar-refractivity contribution in [3.05, 3.63) is 0 Å². The van der Waals surface area contributed by atoms with Crippen molar-refractivity contribution in [3.63, 3.8) is 0 Å². The maximum atomic E-state index is 12.4. The summed E-state index contributed by atoms with van der Waals surface area (Å²) in [7, 11) is -1.12. The molecule has 1 saturated carbocycles. The molecule has 0 amide bonds. The monoisotopic (exact) mass is 307 g/mol. The molecular weight excluding hydrogens is 286 g/mol. The molecule has 1 fully saturated rings. The third-order valence-electron chi connectivity index (χ3n) is 3.73. The van der Waals surface area contributed by atoms with E-state index in [-0.39, 0.29) is 6.54 Å². The average molecular weight is 307 g/mol. The molecule has 0 saturated heterocycles. The maximum absolute atomic E-state index is 12.4. The second kappa shape index (κ2) is 6.53. The van der Waals surface area contributed by atoms with Crippen LogP contribution in [0.25, 0.3) is 0 Å². The van der Waals surface area contributed by atoms with E-state index >= 15 is 0 Å². The molecule has 0 spiro atoms. The predicted molar refractivity (Wildman–Crippen MR) is 71.5 cm³/mol. The Morgan fingerprint density at radius 1 is 1.40 bits per heavy atom. The standard InChI is InChI=1S/C12H21NO6S/c1-8(11(14)15)7-13(2)20(17,18)10-6-4-5-9(10)12(16)19-3/h8-10H,4-7H2,1-3H3,(H,14,15). The maximum Gasteiger partial charge on any atom is 0.310 e. The highest BCUT2D eigenvalue weighted by Gasteiger charge is 2.44. The number of hydrogen-bond donors (Lipinski definition) is 1. The molecular formula is C12H21NO6S. The molecule has 0 aromatic rings. The topological polar surface area (TPSA) is 101 Å². The summed E-state index contributed by atoms with van der Waals surface area (Å²) >= 11 is 0. The molecule has 0 aromatic heterocycles. The summed E-state index contributed by atoms with van der Waals surface area (Å²) < 4.78 is 30.6. The predicted octanol–water partition coefficient (Wildman–Crippen LogP) is 0.310. The molecule has 0 bridgehead atoms. The van der Waals surface area contributed by atoms with Crippen molar-refractivity contribution in [1.29, 1.82) is 0 Å². The van der Waals surface area contributed by atoms with Crippen molar-refractivity contribution in [2.24, 2.45) is 11.8 Å². The van der Waals surface area contributed by atoms with Gasteiger partial charge in [0, 0.05) is 13.6 Å². The fourth-order valence-corrected chi connectivity index (χ4v) is 4.52. The molecule has 116 valence electrons. The highest BCUT2D eigenvalue weighted by atomic mass is 32.2. The molecule has 1 aliphatic rings. The number of sulfonamides is 1. The van der Waals surface area contributed by atoms with Crippen LogP contribution >= 0.6 is 0 Å². The SMILES string of the molecule is COC(=O)C1CCCC1S(=O)(=O)N(C)CC(C)C(=O)O. The number of carbonyl (C=O) groups is 2. The molecule has 0 radical (unpaired) electrons. The van der Waals surface area contributed by atoms with Crippen molar-refractivity contribution in [1.82, 2.24) is 4.31 Å². The van der Waals surface area contributed by atoms with E-state index in [1.165, 1.54) is 21.1 Å². The molecule has 0 aromatic carbocycles. The van der Waals surface area contributed by atoms with E-state index in [0.29, 0.717) is 19.3 Å². The van der Waals surface area contributed by atoms with E-state index in [2.05, 4.69) is 4.74 Å². The van der Waals surface area contributed by atoms with Crippen molar-refractivity contribution in [2.45, 2.75) is 31.4 Å². The van der Waals surface area contributed by atoms with E-state index in [1.54, 1.807) is 0 Å². The van der Waals surface area contributed by atoms with Gasteiger partial charge in [-0.3, -0.25) is 9.59 Å². The van der Waals surface area contributed by atoms with Crippen molar-refractivity contribution in [3.8, 4) is 0 Å². The van der Waals surface area contributed by atoms with Crippen LogP contribution in [-0.4, -0.2) is 55.7 Å². The third-order valence-corrected chi connectivity index (χ3v) is 6.07. The number of methoxy groups -OCH3 is 1. The number of ether oxygens (including phenoxy) is 1. The Labute approximate surface area is 118 Å². The minimum atomic E-state index is -3.70. The molecule has 1 aliphatic carbocycles. The summed E-state index contributed by atoms with van der Waals surface area (Å²) in [6.45, 7) is 1.34. The number of aliphatic carboxylic acids is 1. The van der Waals surface area contributed by atoms with Gasteiger partial charge >= 0.3 is 11.9 Å². The van der Waals surface area contributed by atoms with Crippen LogP contribution in [0.15, 0.2) is 0 Å². The second-order valence-corrected chi connectivity index (χ2v) is 7.42. The molecule has 1 rings (SSSR count). The molecule has 7 nitrogen and oxygen atoms in total. The number of carboxylic acids is 1.